The molecule has 0 atom stereocenters. The molecule has 0 aliphatic rings. The highest BCUT2D eigenvalue weighted by Gasteiger charge is 2.01. The molecule has 1 aromatic carbocycles. The Balaban J connectivity index is 3.28. The van der Waals surface area contributed by atoms with E-state index in [2.05, 4.69) is 4.99 Å². The summed E-state index contributed by atoms with van der Waals surface area (Å²) >= 11 is 5.80. The van der Waals surface area contributed by atoms with E-state index in [0.717, 1.165) is 11.1 Å². The van der Waals surface area contributed by atoms with Crippen LogP contribution >= 0.6 is 11.6 Å². The van der Waals surface area contributed by atoms with Gasteiger partial charge in [-0.25, -0.2) is 0 Å². The van der Waals surface area contributed by atoms with Crippen LogP contribution in [0.2, 0.25) is 5.02 Å². The van der Waals surface area contributed by atoms with Crippen molar-refractivity contribution in [2.24, 2.45) is 4.99 Å². The minimum atomic E-state index is 0.665. The minimum absolute atomic E-state index is 0.665. The molecule has 0 amide bonds. The van der Waals surface area contributed by atoms with E-state index < -0.39 is 0 Å². The number of anilines is 1. The summed E-state index contributed by atoms with van der Waals surface area (Å²) in [6.45, 7) is 1.96. The molecule has 3 heteroatoms. The highest BCUT2D eigenvalue weighted by atomic mass is 35.5. The SMILES string of the molecule is CN=Cc1c(C)cc(Cl)cc1N. The van der Waals surface area contributed by atoms with Crippen molar-refractivity contribution in [2.45, 2.75) is 6.92 Å². The number of aryl methyl sites for hydroxylation is 1. The lowest BCUT2D eigenvalue weighted by molar-refractivity contribution is 1.41. The molecule has 0 aliphatic carbocycles. The van der Waals surface area contributed by atoms with Crippen molar-refractivity contribution < 1.29 is 0 Å². The topological polar surface area (TPSA) is 38.4 Å². The van der Waals surface area contributed by atoms with E-state index >= 15 is 0 Å². The normalized spacial score (nSPS) is 10.9. The quantitative estimate of drug-likeness (QED) is 0.525. The number of rotatable bonds is 1. The molecule has 0 unspecified atom stereocenters. The highest BCUT2D eigenvalue weighted by Crippen LogP contribution is 2.20. The molecular formula is C9H11ClN2. The summed E-state index contributed by atoms with van der Waals surface area (Å²) in [5.41, 5.74) is 8.40. The third-order valence-electron chi connectivity index (χ3n) is 1.64. The molecule has 2 N–H and O–H groups in total. The average Bonchev–Trinajstić information content (AvgIpc) is 1.96. The number of aliphatic imine (C=N–C) groups is 1. The Hall–Kier alpha value is -1.02. The zero-order valence-electron chi connectivity index (χ0n) is 7.13. The van der Waals surface area contributed by atoms with Crippen LogP contribution in [0.15, 0.2) is 17.1 Å². The van der Waals surface area contributed by atoms with Gasteiger partial charge in [0.25, 0.3) is 0 Å². The van der Waals surface area contributed by atoms with Crippen molar-refractivity contribution in [1.29, 1.82) is 0 Å². The van der Waals surface area contributed by atoms with Gasteiger partial charge in [0.2, 0.25) is 0 Å². The van der Waals surface area contributed by atoms with Gasteiger partial charge in [-0.3, -0.25) is 4.99 Å². The van der Waals surface area contributed by atoms with Crippen LogP contribution in [-0.4, -0.2) is 13.3 Å². The van der Waals surface area contributed by atoms with Crippen molar-refractivity contribution >= 4 is 23.5 Å². The van der Waals surface area contributed by atoms with Crippen molar-refractivity contribution in [2.75, 3.05) is 12.8 Å². The molecular weight excluding hydrogens is 172 g/mol. The zero-order chi connectivity index (χ0) is 9.14. The van der Waals surface area contributed by atoms with E-state index in [-0.39, 0.29) is 0 Å². The molecule has 0 radical (unpaired) electrons. The molecule has 0 saturated heterocycles. The van der Waals surface area contributed by atoms with Gasteiger partial charge in [-0.15, -0.1) is 0 Å². The number of benzene rings is 1. The second kappa shape index (κ2) is 3.59. The predicted octanol–water partition coefficient (Wildman–Crippen LogP) is 2.28. The van der Waals surface area contributed by atoms with Crippen LogP contribution in [0.1, 0.15) is 11.1 Å². The maximum Gasteiger partial charge on any atom is 0.0429 e. The largest absolute Gasteiger partial charge is 0.398 e. The second-order valence-corrected chi connectivity index (χ2v) is 3.05. The number of nitrogens with two attached hydrogens (primary N) is 1. The maximum atomic E-state index is 5.80. The molecule has 0 bridgehead atoms. The van der Waals surface area contributed by atoms with Crippen LogP contribution in [0.3, 0.4) is 0 Å². The average molecular weight is 183 g/mol. The molecule has 64 valence electrons. The van der Waals surface area contributed by atoms with Gasteiger partial charge in [-0.05, 0) is 24.6 Å². The van der Waals surface area contributed by atoms with Gasteiger partial charge in [-0.1, -0.05) is 11.6 Å². The van der Waals surface area contributed by atoms with Gasteiger partial charge in [0, 0.05) is 29.5 Å². The van der Waals surface area contributed by atoms with E-state index in [1.54, 1.807) is 19.3 Å². The Labute approximate surface area is 77.1 Å². The highest BCUT2D eigenvalue weighted by molar-refractivity contribution is 6.31. The first kappa shape index (κ1) is 9.07. The van der Waals surface area contributed by atoms with Crippen molar-refractivity contribution in [1.82, 2.24) is 0 Å². The first-order chi connectivity index (χ1) is 5.65. The third-order valence-corrected chi connectivity index (χ3v) is 1.86. The van der Waals surface area contributed by atoms with Gasteiger partial charge < -0.3 is 5.73 Å². The Morgan fingerprint density at radius 2 is 2.17 bits per heavy atom. The first-order valence-corrected chi connectivity index (χ1v) is 4.00. The summed E-state index contributed by atoms with van der Waals surface area (Å²) in [4.78, 5) is 3.91. The fourth-order valence-electron chi connectivity index (χ4n) is 1.09. The lowest BCUT2D eigenvalue weighted by atomic mass is 10.1. The van der Waals surface area contributed by atoms with E-state index in [9.17, 15) is 0 Å². The van der Waals surface area contributed by atoms with Crippen LogP contribution < -0.4 is 5.73 Å². The Morgan fingerprint density at radius 3 is 2.67 bits per heavy atom. The van der Waals surface area contributed by atoms with Crippen molar-refractivity contribution in [3.63, 3.8) is 0 Å². The Morgan fingerprint density at radius 1 is 1.50 bits per heavy atom. The predicted molar refractivity (Wildman–Crippen MR) is 54.1 cm³/mol. The summed E-state index contributed by atoms with van der Waals surface area (Å²) in [6.07, 6.45) is 1.74. The minimum Gasteiger partial charge on any atom is -0.398 e. The summed E-state index contributed by atoms with van der Waals surface area (Å²) < 4.78 is 0. The van der Waals surface area contributed by atoms with Crippen LogP contribution in [0, 0.1) is 6.92 Å². The lowest BCUT2D eigenvalue weighted by Crippen LogP contribution is -1.96. The monoisotopic (exact) mass is 182 g/mol. The zero-order valence-corrected chi connectivity index (χ0v) is 7.89. The Kier molecular flexibility index (Phi) is 2.71. The maximum absolute atomic E-state index is 5.80. The summed E-state index contributed by atoms with van der Waals surface area (Å²) in [6, 6.07) is 3.60. The molecule has 1 rings (SSSR count). The summed E-state index contributed by atoms with van der Waals surface area (Å²) in [7, 11) is 1.72. The Bertz CT molecular complexity index is 295. The molecule has 0 spiro atoms. The standard InChI is InChI=1S/C9H11ClN2/c1-6-3-7(10)4-9(11)8(6)5-12-2/h3-5H,11H2,1-2H3. The fraction of sp³-hybridized carbons (Fsp3) is 0.222. The number of halogens is 1. The van der Waals surface area contributed by atoms with Crippen LogP contribution in [0.5, 0.6) is 0 Å². The number of nitrogen functional groups attached to an aromatic ring is 1. The van der Waals surface area contributed by atoms with Gasteiger partial charge in [0.05, 0.1) is 0 Å². The number of hydrogen-bond acceptors (Lipinski definition) is 2. The van der Waals surface area contributed by atoms with Gasteiger partial charge in [0.15, 0.2) is 0 Å². The van der Waals surface area contributed by atoms with Gasteiger partial charge >= 0.3 is 0 Å². The summed E-state index contributed by atoms with van der Waals surface area (Å²) in [5, 5.41) is 0.665. The molecule has 1 aromatic rings. The fourth-order valence-corrected chi connectivity index (χ4v) is 1.37. The van der Waals surface area contributed by atoms with Crippen LogP contribution in [0.25, 0.3) is 0 Å². The molecule has 0 aromatic heterocycles. The third kappa shape index (κ3) is 1.77. The van der Waals surface area contributed by atoms with E-state index in [1.807, 2.05) is 13.0 Å². The van der Waals surface area contributed by atoms with E-state index in [0.29, 0.717) is 10.7 Å². The van der Waals surface area contributed by atoms with E-state index in [4.69, 9.17) is 17.3 Å². The molecule has 12 heavy (non-hydrogen) atoms. The lowest BCUT2D eigenvalue weighted by Gasteiger charge is -2.04. The van der Waals surface area contributed by atoms with E-state index in [1.165, 1.54) is 0 Å². The van der Waals surface area contributed by atoms with Crippen molar-refractivity contribution in [3.8, 4) is 0 Å². The smallest absolute Gasteiger partial charge is 0.0429 e. The van der Waals surface area contributed by atoms with Crippen LogP contribution in [0.4, 0.5) is 5.69 Å². The molecule has 0 fully saturated rings. The molecule has 2 nitrogen and oxygen atoms in total. The first-order valence-electron chi connectivity index (χ1n) is 3.63. The van der Waals surface area contributed by atoms with Crippen molar-refractivity contribution in [3.05, 3.63) is 28.3 Å². The molecule has 0 heterocycles. The molecule has 0 saturated carbocycles. The van der Waals surface area contributed by atoms with Crippen LogP contribution in [-0.2, 0) is 0 Å². The van der Waals surface area contributed by atoms with Gasteiger partial charge in [0.1, 0.15) is 0 Å². The second-order valence-electron chi connectivity index (χ2n) is 2.61. The molecule has 0 aliphatic heterocycles. The summed E-state index contributed by atoms with van der Waals surface area (Å²) in [5.74, 6) is 0. The number of hydrogen-bond donors (Lipinski definition) is 1. The van der Waals surface area contributed by atoms with Gasteiger partial charge in [-0.2, -0.15) is 0 Å². The number of nitrogens with zero attached hydrogens (tertiary/aromatic N) is 1.